The van der Waals surface area contributed by atoms with Gasteiger partial charge >= 0.3 is 0 Å². The van der Waals surface area contributed by atoms with Gasteiger partial charge in [0.2, 0.25) is 5.91 Å². The molecule has 0 N–H and O–H groups in total. The van der Waals surface area contributed by atoms with Crippen LogP contribution in [0, 0.1) is 6.92 Å². The van der Waals surface area contributed by atoms with Crippen LogP contribution in [-0.2, 0) is 4.79 Å². The number of hydrogen-bond acceptors (Lipinski definition) is 5. The molecule has 1 aliphatic heterocycles. The maximum atomic E-state index is 12.6. The fraction of sp³-hybridized carbons (Fsp3) is 0.318. The van der Waals surface area contributed by atoms with Crippen LogP contribution in [0.25, 0.3) is 11.5 Å². The number of carbonyl (C=O) groups excluding carboxylic acids is 1. The van der Waals surface area contributed by atoms with Gasteiger partial charge in [-0.1, -0.05) is 35.0 Å². The number of likely N-dealkylation sites (tertiary alicyclic amines) is 1. The molecule has 1 aliphatic rings. The van der Waals surface area contributed by atoms with Crippen LogP contribution in [-0.4, -0.2) is 34.6 Å². The van der Waals surface area contributed by atoms with E-state index in [-0.39, 0.29) is 17.9 Å². The van der Waals surface area contributed by atoms with Crippen molar-refractivity contribution in [2.75, 3.05) is 13.7 Å². The Morgan fingerprint density at radius 3 is 2.71 bits per heavy atom. The summed E-state index contributed by atoms with van der Waals surface area (Å²) in [4.78, 5) is 19.1. The van der Waals surface area contributed by atoms with E-state index in [0.29, 0.717) is 24.7 Å². The van der Waals surface area contributed by atoms with E-state index in [1.807, 2.05) is 67.3 Å². The summed E-state index contributed by atoms with van der Waals surface area (Å²) in [5.41, 5.74) is 3.10. The van der Waals surface area contributed by atoms with Crippen molar-refractivity contribution >= 4 is 5.91 Å². The molecule has 1 aromatic heterocycles. The average molecular weight is 377 g/mol. The SMILES string of the molecule is COc1ccc(C(C)N2CC(c3noc(-c4cccc(C)c4)n3)CC2=O)cc1. The zero-order chi connectivity index (χ0) is 19.7. The van der Waals surface area contributed by atoms with Gasteiger partial charge in [-0.25, -0.2) is 0 Å². The monoisotopic (exact) mass is 377 g/mol. The molecular weight excluding hydrogens is 354 g/mol. The third kappa shape index (κ3) is 3.50. The molecule has 2 heterocycles. The average Bonchev–Trinajstić information content (AvgIpc) is 3.34. The smallest absolute Gasteiger partial charge is 0.257 e. The van der Waals surface area contributed by atoms with Crippen LogP contribution in [0.5, 0.6) is 5.75 Å². The lowest BCUT2D eigenvalue weighted by molar-refractivity contribution is -0.129. The summed E-state index contributed by atoms with van der Waals surface area (Å²) < 4.78 is 10.7. The highest BCUT2D eigenvalue weighted by molar-refractivity contribution is 5.80. The standard InChI is InChI=1S/C22H23N3O3/c1-14-5-4-6-17(11-14)22-23-21(24-28-22)18-12-20(26)25(13-18)15(2)16-7-9-19(27-3)10-8-16/h4-11,15,18H,12-13H2,1-3H3. The molecule has 1 saturated heterocycles. The number of aromatic nitrogens is 2. The van der Waals surface area contributed by atoms with Crippen LogP contribution in [0.1, 0.15) is 42.3 Å². The van der Waals surface area contributed by atoms with Gasteiger partial charge in [0.1, 0.15) is 5.75 Å². The summed E-state index contributed by atoms with van der Waals surface area (Å²) in [5.74, 6) is 1.94. The summed E-state index contributed by atoms with van der Waals surface area (Å²) in [6.07, 6.45) is 0.396. The Balaban J connectivity index is 1.50. The molecule has 2 aromatic carbocycles. The Kier molecular flexibility index (Phi) is 4.86. The Morgan fingerprint density at radius 2 is 2.00 bits per heavy atom. The molecule has 4 rings (SSSR count). The first-order valence-electron chi connectivity index (χ1n) is 9.39. The number of ether oxygens (including phenoxy) is 1. The van der Waals surface area contributed by atoms with Gasteiger partial charge in [-0.15, -0.1) is 0 Å². The van der Waals surface area contributed by atoms with Crippen molar-refractivity contribution in [2.24, 2.45) is 0 Å². The number of rotatable bonds is 5. The molecule has 6 heteroatoms. The van der Waals surface area contributed by atoms with Gasteiger partial charge in [0.05, 0.1) is 13.2 Å². The lowest BCUT2D eigenvalue weighted by Gasteiger charge is -2.25. The third-order valence-electron chi connectivity index (χ3n) is 5.30. The highest BCUT2D eigenvalue weighted by Gasteiger charge is 2.36. The Morgan fingerprint density at radius 1 is 1.21 bits per heavy atom. The van der Waals surface area contributed by atoms with Crippen LogP contribution >= 0.6 is 0 Å². The topological polar surface area (TPSA) is 68.5 Å². The quantitative estimate of drug-likeness (QED) is 0.669. The largest absolute Gasteiger partial charge is 0.497 e. The molecule has 3 aromatic rings. The molecule has 0 aliphatic carbocycles. The summed E-state index contributed by atoms with van der Waals surface area (Å²) in [6.45, 7) is 4.64. The Bertz CT molecular complexity index is 981. The van der Waals surface area contributed by atoms with Gasteiger partial charge in [-0.3, -0.25) is 4.79 Å². The van der Waals surface area contributed by atoms with Crippen molar-refractivity contribution in [3.63, 3.8) is 0 Å². The molecule has 0 spiro atoms. The van der Waals surface area contributed by atoms with Gasteiger partial charge in [-0.05, 0) is 43.7 Å². The fourth-order valence-corrected chi connectivity index (χ4v) is 3.64. The van der Waals surface area contributed by atoms with E-state index in [1.54, 1.807) is 7.11 Å². The van der Waals surface area contributed by atoms with E-state index in [2.05, 4.69) is 10.1 Å². The molecule has 2 unspecified atom stereocenters. The molecular formula is C22H23N3O3. The zero-order valence-electron chi connectivity index (χ0n) is 16.3. The van der Waals surface area contributed by atoms with Crippen molar-refractivity contribution < 1.29 is 14.1 Å². The first-order chi connectivity index (χ1) is 13.5. The minimum atomic E-state index is -0.0597. The zero-order valence-corrected chi connectivity index (χ0v) is 16.3. The minimum Gasteiger partial charge on any atom is -0.497 e. The molecule has 0 saturated carbocycles. The number of nitrogens with zero attached hydrogens (tertiary/aromatic N) is 3. The van der Waals surface area contributed by atoms with Gasteiger partial charge in [-0.2, -0.15) is 4.98 Å². The highest BCUT2D eigenvalue weighted by atomic mass is 16.5. The Hall–Kier alpha value is -3.15. The number of benzene rings is 2. The van der Waals surface area contributed by atoms with Crippen LogP contribution in [0.3, 0.4) is 0 Å². The van der Waals surface area contributed by atoms with Crippen LogP contribution < -0.4 is 4.74 Å². The van der Waals surface area contributed by atoms with Gasteiger partial charge in [0, 0.05) is 24.4 Å². The maximum Gasteiger partial charge on any atom is 0.257 e. The van der Waals surface area contributed by atoms with Crippen LogP contribution in [0.4, 0.5) is 0 Å². The predicted octanol–water partition coefficient (Wildman–Crippen LogP) is 4.13. The molecule has 1 amide bonds. The van der Waals surface area contributed by atoms with E-state index in [9.17, 15) is 4.79 Å². The van der Waals surface area contributed by atoms with E-state index >= 15 is 0 Å². The molecule has 6 nitrogen and oxygen atoms in total. The van der Waals surface area contributed by atoms with Crippen molar-refractivity contribution in [3.05, 3.63) is 65.5 Å². The lowest BCUT2D eigenvalue weighted by Crippen LogP contribution is -2.28. The molecule has 28 heavy (non-hydrogen) atoms. The van der Waals surface area contributed by atoms with E-state index in [0.717, 1.165) is 22.4 Å². The molecule has 144 valence electrons. The third-order valence-corrected chi connectivity index (χ3v) is 5.30. The number of methoxy groups -OCH3 is 1. The summed E-state index contributed by atoms with van der Waals surface area (Å²) >= 11 is 0. The van der Waals surface area contributed by atoms with Crippen molar-refractivity contribution in [2.45, 2.75) is 32.2 Å². The second-order valence-electron chi connectivity index (χ2n) is 7.22. The normalized spacial score (nSPS) is 17.8. The summed E-state index contributed by atoms with van der Waals surface area (Å²) in [7, 11) is 1.64. The first kappa shape index (κ1) is 18.2. The highest BCUT2D eigenvalue weighted by Crippen LogP contribution is 2.34. The number of aryl methyl sites for hydroxylation is 1. The molecule has 0 bridgehead atoms. The number of amides is 1. The first-order valence-corrected chi connectivity index (χ1v) is 9.39. The second kappa shape index (κ2) is 7.46. The second-order valence-corrected chi connectivity index (χ2v) is 7.22. The fourth-order valence-electron chi connectivity index (χ4n) is 3.64. The molecule has 0 radical (unpaired) electrons. The van der Waals surface area contributed by atoms with Gasteiger partial charge in [0.25, 0.3) is 5.89 Å². The van der Waals surface area contributed by atoms with Crippen molar-refractivity contribution in [1.29, 1.82) is 0 Å². The number of hydrogen-bond donors (Lipinski definition) is 0. The number of carbonyl (C=O) groups is 1. The summed E-state index contributed by atoms with van der Waals surface area (Å²) in [6, 6.07) is 15.7. The van der Waals surface area contributed by atoms with Gasteiger partial charge < -0.3 is 14.2 Å². The van der Waals surface area contributed by atoms with Crippen LogP contribution in [0.2, 0.25) is 0 Å². The molecule has 1 fully saturated rings. The van der Waals surface area contributed by atoms with Gasteiger partial charge in [0.15, 0.2) is 5.82 Å². The lowest BCUT2D eigenvalue weighted by atomic mass is 10.1. The van der Waals surface area contributed by atoms with Crippen molar-refractivity contribution in [1.82, 2.24) is 15.0 Å². The van der Waals surface area contributed by atoms with E-state index in [1.165, 1.54) is 0 Å². The van der Waals surface area contributed by atoms with Crippen LogP contribution in [0.15, 0.2) is 53.1 Å². The van der Waals surface area contributed by atoms with Crippen molar-refractivity contribution in [3.8, 4) is 17.2 Å². The molecule has 2 atom stereocenters. The van der Waals surface area contributed by atoms with E-state index in [4.69, 9.17) is 9.26 Å². The Labute approximate surface area is 164 Å². The minimum absolute atomic E-state index is 0.0217. The summed E-state index contributed by atoms with van der Waals surface area (Å²) in [5, 5.41) is 4.15. The maximum absolute atomic E-state index is 12.6. The predicted molar refractivity (Wildman–Crippen MR) is 105 cm³/mol. The van der Waals surface area contributed by atoms with E-state index < -0.39 is 0 Å².